The van der Waals surface area contributed by atoms with Gasteiger partial charge in [0, 0.05) is 13.0 Å². The minimum absolute atomic E-state index is 0.296. The fraction of sp³-hybridized carbons (Fsp3) is 0.273. The minimum atomic E-state index is -0.344. The second-order valence-electron chi connectivity index (χ2n) is 3.35. The first-order valence-corrected chi connectivity index (χ1v) is 5.03. The number of halogens is 1. The number of nitrogens with zero attached hydrogens (tertiary/aromatic N) is 2. The fourth-order valence-electron chi connectivity index (χ4n) is 1.34. The molecule has 1 N–H and O–H groups in total. The maximum Gasteiger partial charge on any atom is 0.228 e. The molecule has 0 fully saturated rings. The van der Waals surface area contributed by atoms with E-state index in [1.54, 1.807) is 18.2 Å². The van der Waals surface area contributed by atoms with Gasteiger partial charge >= 0.3 is 0 Å². The van der Waals surface area contributed by atoms with Crippen LogP contribution in [0.3, 0.4) is 0 Å². The third-order valence-corrected chi connectivity index (χ3v) is 2.17. The quantitative estimate of drug-likeness (QED) is 0.852. The Morgan fingerprint density at radius 1 is 1.38 bits per heavy atom. The van der Waals surface area contributed by atoms with E-state index in [1.165, 1.54) is 6.07 Å². The van der Waals surface area contributed by atoms with Gasteiger partial charge in [0.2, 0.25) is 11.7 Å². The Morgan fingerprint density at radius 3 is 2.94 bits per heavy atom. The summed E-state index contributed by atoms with van der Waals surface area (Å²) in [6.45, 7) is 0.749. The van der Waals surface area contributed by atoms with Crippen molar-refractivity contribution >= 4 is 0 Å². The SMILES string of the molecule is CNCCc1nc(-c2ccccc2F)no1. The molecule has 0 aliphatic rings. The molecule has 0 bridgehead atoms. The lowest BCUT2D eigenvalue weighted by molar-refractivity contribution is 0.377. The second-order valence-corrected chi connectivity index (χ2v) is 3.35. The Hall–Kier alpha value is -1.75. The van der Waals surface area contributed by atoms with Gasteiger partial charge in [-0.05, 0) is 19.2 Å². The molecule has 0 amide bonds. The molecule has 2 rings (SSSR count). The highest BCUT2D eigenvalue weighted by atomic mass is 19.1. The maximum absolute atomic E-state index is 13.4. The summed E-state index contributed by atoms with van der Waals surface area (Å²) in [6.07, 6.45) is 0.637. The average Bonchev–Trinajstić information content (AvgIpc) is 2.75. The van der Waals surface area contributed by atoms with Crippen LogP contribution in [0.25, 0.3) is 11.4 Å². The lowest BCUT2D eigenvalue weighted by Gasteiger charge is -1.94. The first-order valence-electron chi connectivity index (χ1n) is 5.03. The Kier molecular flexibility index (Phi) is 3.26. The number of rotatable bonds is 4. The van der Waals surface area contributed by atoms with E-state index in [0.29, 0.717) is 23.7 Å². The molecule has 0 saturated heterocycles. The minimum Gasteiger partial charge on any atom is -0.339 e. The molecule has 1 heterocycles. The summed E-state index contributed by atoms with van der Waals surface area (Å²) in [4.78, 5) is 4.12. The van der Waals surface area contributed by atoms with Crippen molar-refractivity contribution in [1.29, 1.82) is 0 Å². The van der Waals surface area contributed by atoms with E-state index in [1.807, 2.05) is 7.05 Å². The topological polar surface area (TPSA) is 51.0 Å². The van der Waals surface area contributed by atoms with E-state index in [0.717, 1.165) is 6.54 Å². The van der Waals surface area contributed by atoms with Gasteiger partial charge in [0.25, 0.3) is 0 Å². The monoisotopic (exact) mass is 221 g/mol. The van der Waals surface area contributed by atoms with Gasteiger partial charge in [-0.25, -0.2) is 4.39 Å². The maximum atomic E-state index is 13.4. The van der Waals surface area contributed by atoms with Crippen LogP contribution in [0.1, 0.15) is 5.89 Å². The van der Waals surface area contributed by atoms with Crippen LogP contribution >= 0.6 is 0 Å². The van der Waals surface area contributed by atoms with E-state index < -0.39 is 0 Å². The summed E-state index contributed by atoms with van der Waals surface area (Å²) in [6, 6.07) is 6.36. The Balaban J connectivity index is 2.22. The largest absolute Gasteiger partial charge is 0.339 e. The molecule has 0 spiro atoms. The van der Waals surface area contributed by atoms with E-state index in [9.17, 15) is 4.39 Å². The van der Waals surface area contributed by atoms with Gasteiger partial charge in [0.1, 0.15) is 5.82 Å². The summed E-state index contributed by atoms with van der Waals surface area (Å²) in [7, 11) is 1.84. The van der Waals surface area contributed by atoms with Crippen LogP contribution in [0.15, 0.2) is 28.8 Å². The third kappa shape index (κ3) is 2.25. The smallest absolute Gasteiger partial charge is 0.228 e. The van der Waals surface area contributed by atoms with Gasteiger partial charge in [-0.15, -0.1) is 0 Å². The van der Waals surface area contributed by atoms with Crippen molar-refractivity contribution in [3.63, 3.8) is 0 Å². The normalized spacial score (nSPS) is 10.6. The zero-order valence-corrected chi connectivity index (χ0v) is 8.90. The molecule has 84 valence electrons. The molecule has 0 unspecified atom stereocenters. The summed E-state index contributed by atoms with van der Waals surface area (Å²) in [5.74, 6) is 0.459. The second kappa shape index (κ2) is 4.85. The highest BCUT2D eigenvalue weighted by Gasteiger charge is 2.11. The van der Waals surface area contributed by atoms with Gasteiger partial charge in [-0.1, -0.05) is 17.3 Å². The highest BCUT2D eigenvalue weighted by molar-refractivity contribution is 5.54. The molecule has 0 aliphatic carbocycles. The van der Waals surface area contributed by atoms with Crippen molar-refractivity contribution < 1.29 is 8.91 Å². The van der Waals surface area contributed by atoms with Crippen molar-refractivity contribution in [3.8, 4) is 11.4 Å². The van der Waals surface area contributed by atoms with Crippen molar-refractivity contribution in [1.82, 2.24) is 15.5 Å². The van der Waals surface area contributed by atoms with E-state index in [-0.39, 0.29) is 5.82 Å². The zero-order valence-electron chi connectivity index (χ0n) is 8.90. The summed E-state index contributed by atoms with van der Waals surface area (Å²) in [5, 5.41) is 6.72. The predicted octanol–water partition coefficient (Wildman–Crippen LogP) is 1.64. The Bertz CT molecular complexity index is 470. The summed E-state index contributed by atoms with van der Waals surface area (Å²) in [5.41, 5.74) is 0.363. The molecule has 0 radical (unpaired) electrons. The van der Waals surface area contributed by atoms with Crippen LogP contribution in [-0.2, 0) is 6.42 Å². The number of benzene rings is 1. The van der Waals surface area contributed by atoms with Gasteiger partial charge in [-0.3, -0.25) is 0 Å². The lowest BCUT2D eigenvalue weighted by atomic mass is 10.2. The zero-order chi connectivity index (χ0) is 11.4. The summed E-state index contributed by atoms with van der Waals surface area (Å²) < 4.78 is 18.4. The molecule has 0 atom stereocenters. The highest BCUT2D eigenvalue weighted by Crippen LogP contribution is 2.18. The van der Waals surface area contributed by atoms with Gasteiger partial charge in [0.15, 0.2) is 0 Å². The molecule has 2 aromatic rings. The van der Waals surface area contributed by atoms with Crippen molar-refractivity contribution in [2.45, 2.75) is 6.42 Å². The van der Waals surface area contributed by atoms with Crippen LogP contribution < -0.4 is 5.32 Å². The Morgan fingerprint density at radius 2 is 2.19 bits per heavy atom. The molecule has 1 aromatic carbocycles. The number of aromatic nitrogens is 2. The average molecular weight is 221 g/mol. The van der Waals surface area contributed by atoms with Crippen LogP contribution in [-0.4, -0.2) is 23.7 Å². The van der Waals surface area contributed by atoms with Crippen molar-refractivity contribution in [3.05, 3.63) is 36.0 Å². The van der Waals surface area contributed by atoms with E-state index in [4.69, 9.17) is 4.52 Å². The number of nitrogens with one attached hydrogen (secondary N) is 1. The first-order chi connectivity index (χ1) is 7.81. The third-order valence-electron chi connectivity index (χ3n) is 2.17. The molecule has 16 heavy (non-hydrogen) atoms. The van der Waals surface area contributed by atoms with Gasteiger partial charge in [0.05, 0.1) is 5.56 Å². The summed E-state index contributed by atoms with van der Waals surface area (Å²) >= 11 is 0. The number of hydrogen-bond donors (Lipinski definition) is 1. The van der Waals surface area contributed by atoms with Crippen LogP contribution in [0.4, 0.5) is 4.39 Å². The van der Waals surface area contributed by atoms with Gasteiger partial charge < -0.3 is 9.84 Å². The molecular weight excluding hydrogens is 209 g/mol. The van der Waals surface area contributed by atoms with Crippen LogP contribution in [0.5, 0.6) is 0 Å². The van der Waals surface area contributed by atoms with E-state index >= 15 is 0 Å². The molecule has 0 saturated carbocycles. The molecule has 5 heteroatoms. The predicted molar refractivity (Wildman–Crippen MR) is 57.3 cm³/mol. The number of hydrogen-bond acceptors (Lipinski definition) is 4. The standard InChI is InChI=1S/C11H12FN3O/c1-13-7-6-10-14-11(15-16-10)8-4-2-3-5-9(8)12/h2-5,13H,6-7H2,1H3. The lowest BCUT2D eigenvalue weighted by Crippen LogP contribution is -2.10. The molecule has 1 aromatic heterocycles. The van der Waals surface area contributed by atoms with Crippen molar-refractivity contribution in [2.24, 2.45) is 0 Å². The first kappa shape index (κ1) is 10.8. The number of likely N-dealkylation sites (N-methyl/N-ethyl adjacent to an activating group) is 1. The molecular formula is C11H12FN3O. The van der Waals surface area contributed by atoms with E-state index in [2.05, 4.69) is 15.5 Å². The molecule has 0 aliphatic heterocycles. The van der Waals surface area contributed by atoms with Crippen LogP contribution in [0, 0.1) is 5.82 Å². The fourth-order valence-corrected chi connectivity index (χ4v) is 1.34. The van der Waals surface area contributed by atoms with Gasteiger partial charge in [-0.2, -0.15) is 4.98 Å². The molecule has 4 nitrogen and oxygen atoms in total. The van der Waals surface area contributed by atoms with Crippen LogP contribution in [0.2, 0.25) is 0 Å². The Labute approximate surface area is 92.5 Å². The van der Waals surface area contributed by atoms with Crippen molar-refractivity contribution in [2.75, 3.05) is 13.6 Å².